The van der Waals surface area contributed by atoms with Crippen molar-refractivity contribution in [3.05, 3.63) is 41.5 Å². The van der Waals surface area contributed by atoms with E-state index >= 15 is 0 Å². The Hall–Kier alpha value is -2.94. The number of hydroxylamine groups is 2. The molecule has 0 unspecified atom stereocenters. The van der Waals surface area contributed by atoms with Gasteiger partial charge in [0.1, 0.15) is 0 Å². The molecule has 6 heteroatoms. The summed E-state index contributed by atoms with van der Waals surface area (Å²) in [6.45, 7) is 0. The van der Waals surface area contributed by atoms with E-state index in [0.717, 1.165) is 6.08 Å². The minimum Gasteiger partial charge on any atom is -0.326 e. The first-order valence-electron chi connectivity index (χ1n) is 5.86. The molecule has 1 saturated heterocycles. The molecule has 1 fully saturated rings. The molecule has 6 nitrogen and oxygen atoms in total. The summed E-state index contributed by atoms with van der Waals surface area (Å²) in [7, 11) is 0. The van der Waals surface area contributed by atoms with Crippen LogP contribution in [0.2, 0.25) is 0 Å². The van der Waals surface area contributed by atoms with E-state index in [1.807, 2.05) is 6.07 Å². The van der Waals surface area contributed by atoms with Crippen molar-refractivity contribution < 1.29 is 19.2 Å². The van der Waals surface area contributed by atoms with Crippen molar-refractivity contribution in [2.45, 2.75) is 12.8 Å². The van der Waals surface area contributed by atoms with E-state index in [-0.39, 0.29) is 12.8 Å². The Labute approximate surface area is 114 Å². The van der Waals surface area contributed by atoms with Crippen LogP contribution in [-0.4, -0.2) is 22.8 Å². The Morgan fingerprint density at radius 1 is 1.20 bits per heavy atom. The average molecular weight is 270 g/mol. The monoisotopic (exact) mass is 270 g/mol. The van der Waals surface area contributed by atoms with E-state index in [2.05, 4.69) is 4.84 Å². The van der Waals surface area contributed by atoms with Gasteiger partial charge in [0.05, 0.1) is 11.6 Å². The van der Waals surface area contributed by atoms with Crippen LogP contribution < -0.4 is 0 Å². The topological polar surface area (TPSA) is 87.5 Å². The van der Waals surface area contributed by atoms with Crippen molar-refractivity contribution in [2.24, 2.45) is 0 Å². The Bertz CT molecular complexity index is 610. The predicted molar refractivity (Wildman–Crippen MR) is 67.4 cm³/mol. The summed E-state index contributed by atoms with van der Waals surface area (Å²) in [6.07, 6.45) is 2.70. The smallest absolute Gasteiger partial charge is 0.326 e. The number of carbonyl (C=O) groups is 3. The number of nitriles is 1. The quantitative estimate of drug-likeness (QED) is 0.608. The molecule has 1 aromatic rings. The van der Waals surface area contributed by atoms with E-state index in [0.29, 0.717) is 16.2 Å². The van der Waals surface area contributed by atoms with Gasteiger partial charge in [0.25, 0.3) is 11.8 Å². The third kappa shape index (κ3) is 3.09. The first kappa shape index (κ1) is 13.5. The van der Waals surface area contributed by atoms with Crippen LogP contribution in [0.25, 0.3) is 6.08 Å². The molecule has 100 valence electrons. The van der Waals surface area contributed by atoms with Gasteiger partial charge in [-0.25, -0.2) is 4.79 Å². The Balaban J connectivity index is 1.97. The molecule has 0 spiro atoms. The summed E-state index contributed by atoms with van der Waals surface area (Å²) in [4.78, 5) is 38.6. The molecule has 0 aliphatic carbocycles. The molecule has 0 aromatic heterocycles. The van der Waals surface area contributed by atoms with Crippen molar-refractivity contribution in [1.82, 2.24) is 5.06 Å². The second-order valence-corrected chi connectivity index (χ2v) is 4.06. The maximum absolute atomic E-state index is 11.5. The Morgan fingerprint density at radius 3 is 2.35 bits per heavy atom. The number of carbonyl (C=O) groups excluding carboxylic acids is 3. The Morgan fingerprint density at radius 2 is 1.80 bits per heavy atom. The SMILES string of the molecule is N#Cc1ccc(C=CC(=O)ON2C(=O)CCC2=O)cc1. The van der Waals surface area contributed by atoms with Crippen LogP contribution in [0.5, 0.6) is 0 Å². The molecule has 0 bridgehead atoms. The molecule has 0 radical (unpaired) electrons. The van der Waals surface area contributed by atoms with Gasteiger partial charge >= 0.3 is 5.97 Å². The van der Waals surface area contributed by atoms with Crippen molar-refractivity contribution >= 4 is 23.9 Å². The summed E-state index contributed by atoms with van der Waals surface area (Å²) in [5.74, 6) is -1.84. The largest absolute Gasteiger partial charge is 0.356 e. The van der Waals surface area contributed by atoms with Crippen LogP contribution >= 0.6 is 0 Å². The van der Waals surface area contributed by atoms with E-state index in [4.69, 9.17) is 5.26 Å². The molecular formula is C14H10N2O4. The fraction of sp³-hybridized carbons (Fsp3) is 0.143. The van der Waals surface area contributed by atoms with Crippen LogP contribution in [0, 0.1) is 11.3 Å². The number of hydrogen-bond acceptors (Lipinski definition) is 5. The lowest BCUT2D eigenvalue weighted by molar-refractivity contribution is -0.193. The molecular weight excluding hydrogens is 260 g/mol. The first-order valence-corrected chi connectivity index (χ1v) is 5.86. The zero-order chi connectivity index (χ0) is 14.5. The van der Waals surface area contributed by atoms with Crippen molar-refractivity contribution in [3.8, 4) is 6.07 Å². The van der Waals surface area contributed by atoms with Crippen molar-refractivity contribution in [1.29, 1.82) is 5.26 Å². The highest BCUT2D eigenvalue weighted by Gasteiger charge is 2.32. The highest BCUT2D eigenvalue weighted by Crippen LogP contribution is 2.12. The highest BCUT2D eigenvalue weighted by molar-refractivity contribution is 6.02. The van der Waals surface area contributed by atoms with Gasteiger partial charge in [-0.1, -0.05) is 12.1 Å². The van der Waals surface area contributed by atoms with Gasteiger partial charge in [-0.3, -0.25) is 9.59 Å². The zero-order valence-electron chi connectivity index (χ0n) is 10.4. The normalized spacial score (nSPS) is 14.7. The van der Waals surface area contributed by atoms with Gasteiger partial charge in [0.15, 0.2) is 0 Å². The predicted octanol–water partition coefficient (Wildman–Crippen LogP) is 1.18. The summed E-state index contributed by atoms with van der Waals surface area (Å²) in [5.41, 5.74) is 1.21. The molecule has 1 aromatic carbocycles. The lowest BCUT2D eigenvalue weighted by atomic mass is 10.1. The molecule has 0 saturated carbocycles. The number of amides is 2. The van der Waals surface area contributed by atoms with Gasteiger partial charge in [-0.15, -0.1) is 5.06 Å². The average Bonchev–Trinajstić information content (AvgIpc) is 2.77. The van der Waals surface area contributed by atoms with Crippen molar-refractivity contribution in [2.75, 3.05) is 0 Å². The molecule has 1 aliphatic heterocycles. The van der Waals surface area contributed by atoms with Gasteiger partial charge in [0.2, 0.25) is 0 Å². The van der Waals surface area contributed by atoms with Gasteiger partial charge < -0.3 is 4.84 Å². The molecule has 0 N–H and O–H groups in total. The molecule has 0 atom stereocenters. The van der Waals surface area contributed by atoms with Crippen LogP contribution in [0.4, 0.5) is 0 Å². The Kier molecular flexibility index (Phi) is 3.91. The molecule has 2 amide bonds. The third-order valence-electron chi connectivity index (χ3n) is 2.64. The lowest BCUT2D eigenvalue weighted by Gasteiger charge is -2.10. The minimum absolute atomic E-state index is 0.0610. The zero-order valence-corrected chi connectivity index (χ0v) is 10.4. The maximum Gasteiger partial charge on any atom is 0.356 e. The second kappa shape index (κ2) is 5.80. The number of rotatable bonds is 3. The summed E-state index contributed by atoms with van der Waals surface area (Å²) >= 11 is 0. The van der Waals surface area contributed by atoms with Gasteiger partial charge in [-0.2, -0.15) is 5.26 Å². The van der Waals surface area contributed by atoms with Crippen LogP contribution in [0.1, 0.15) is 24.0 Å². The maximum atomic E-state index is 11.5. The van der Waals surface area contributed by atoms with E-state index in [1.54, 1.807) is 24.3 Å². The third-order valence-corrected chi connectivity index (χ3v) is 2.64. The fourth-order valence-corrected chi connectivity index (χ4v) is 1.61. The second-order valence-electron chi connectivity index (χ2n) is 4.06. The number of nitrogens with zero attached hydrogens (tertiary/aromatic N) is 2. The van der Waals surface area contributed by atoms with Crippen LogP contribution in [0.3, 0.4) is 0 Å². The number of hydrogen-bond donors (Lipinski definition) is 0. The molecule has 1 aliphatic rings. The number of benzene rings is 1. The lowest BCUT2D eigenvalue weighted by Crippen LogP contribution is -2.31. The molecule has 20 heavy (non-hydrogen) atoms. The van der Waals surface area contributed by atoms with Crippen molar-refractivity contribution in [3.63, 3.8) is 0 Å². The summed E-state index contributed by atoms with van der Waals surface area (Å²) in [6, 6.07) is 8.52. The number of imide groups is 1. The first-order chi connectivity index (χ1) is 9.60. The standard InChI is InChI=1S/C14H10N2O4/c15-9-11-3-1-10(2-4-11)5-8-14(19)20-16-12(17)6-7-13(16)18/h1-5,8H,6-7H2. The minimum atomic E-state index is -0.807. The summed E-state index contributed by atoms with van der Waals surface area (Å²) in [5, 5.41) is 9.14. The van der Waals surface area contributed by atoms with E-state index in [1.165, 1.54) is 6.08 Å². The summed E-state index contributed by atoms with van der Waals surface area (Å²) < 4.78 is 0. The van der Waals surface area contributed by atoms with Crippen LogP contribution in [-0.2, 0) is 19.2 Å². The molecule has 2 rings (SSSR count). The molecule has 1 heterocycles. The van der Waals surface area contributed by atoms with E-state index in [9.17, 15) is 14.4 Å². The van der Waals surface area contributed by atoms with Crippen LogP contribution in [0.15, 0.2) is 30.3 Å². The fourth-order valence-electron chi connectivity index (χ4n) is 1.61. The van der Waals surface area contributed by atoms with Gasteiger partial charge in [0, 0.05) is 18.9 Å². The highest BCUT2D eigenvalue weighted by atomic mass is 16.7. The van der Waals surface area contributed by atoms with Gasteiger partial charge in [-0.05, 0) is 23.8 Å². The van der Waals surface area contributed by atoms with E-state index < -0.39 is 17.8 Å².